The van der Waals surface area contributed by atoms with Crippen LogP contribution in [0, 0.1) is 17.5 Å². The number of carbonyl (C=O) groups is 2. The number of aromatic nitrogens is 3. The van der Waals surface area contributed by atoms with Crippen molar-refractivity contribution in [3.05, 3.63) is 58.9 Å². The monoisotopic (exact) mass is 483 g/mol. The third kappa shape index (κ3) is 5.40. The molecule has 12 heteroatoms. The van der Waals surface area contributed by atoms with Crippen molar-refractivity contribution in [2.75, 3.05) is 11.9 Å². The molecule has 1 unspecified atom stereocenters. The van der Waals surface area contributed by atoms with Crippen LogP contribution in [0.1, 0.15) is 6.92 Å². The van der Waals surface area contributed by atoms with Crippen LogP contribution in [0.4, 0.5) is 18.9 Å². The topological polar surface area (TPSA) is 88.9 Å². The maximum atomic E-state index is 13.6. The number of nitrogens with one attached hydrogen (secondary N) is 2. The lowest BCUT2D eigenvalue weighted by Gasteiger charge is -2.12. The van der Waals surface area contributed by atoms with Crippen LogP contribution in [0.15, 0.2) is 41.6 Å². The van der Waals surface area contributed by atoms with E-state index in [0.717, 1.165) is 23.4 Å². The molecule has 1 atom stereocenters. The van der Waals surface area contributed by atoms with Gasteiger partial charge in [-0.3, -0.25) is 9.59 Å². The van der Waals surface area contributed by atoms with Crippen molar-refractivity contribution in [3.63, 3.8) is 0 Å². The van der Waals surface area contributed by atoms with E-state index in [1.807, 2.05) is 0 Å². The summed E-state index contributed by atoms with van der Waals surface area (Å²) in [6.07, 6.45) is 0. The summed E-state index contributed by atoms with van der Waals surface area (Å²) in [6.45, 7) is 1.13. The molecular formula is C20H17ClF3N5O2S. The van der Waals surface area contributed by atoms with Crippen molar-refractivity contribution < 1.29 is 22.8 Å². The molecule has 0 radical (unpaired) electrons. The first-order valence-electron chi connectivity index (χ1n) is 9.20. The third-order valence-electron chi connectivity index (χ3n) is 4.32. The van der Waals surface area contributed by atoms with E-state index < -0.39 is 46.7 Å². The minimum absolute atomic E-state index is 0.478. The number of benzene rings is 2. The molecule has 32 heavy (non-hydrogen) atoms. The second-order valence-corrected chi connectivity index (χ2v) is 8.37. The number of nitrogens with zero attached hydrogens (tertiary/aromatic N) is 3. The van der Waals surface area contributed by atoms with Gasteiger partial charge in [-0.2, -0.15) is 0 Å². The number of halogens is 4. The van der Waals surface area contributed by atoms with E-state index in [1.54, 1.807) is 42.8 Å². The number of rotatable bonds is 7. The standard InChI is InChI=1S/C20H17ClF3N5O2S/c1-10(32-20-28-27-18(29(20)2)11-3-5-12(21)6-4-11)19(31)25-9-15(30)26-14-8-7-13(22)16(23)17(14)24/h3-8,10H,9H2,1-2H3,(H,25,31)(H,26,30). The van der Waals surface area contributed by atoms with Gasteiger partial charge in [-0.1, -0.05) is 23.4 Å². The predicted molar refractivity (Wildman–Crippen MR) is 115 cm³/mol. The van der Waals surface area contributed by atoms with Gasteiger partial charge >= 0.3 is 0 Å². The Balaban J connectivity index is 1.56. The first-order chi connectivity index (χ1) is 15.2. The molecule has 2 N–H and O–H groups in total. The summed E-state index contributed by atoms with van der Waals surface area (Å²) >= 11 is 7.02. The summed E-state index contributed by atoms with van der Waals surface area (Å²) in [7, 11) is 1.75. The van der Waals surface area contributed by atoms with Gasteiger partial charge in [0.1, 0.15) is 0 Å². The van der Waals surface area contributed by atoms with Crippen molar-refractivity contribution in [3.8, 4) is 11.4 Å². The zero-order valence-electron chi connectivity index (χ0n) is 16.8. The van der Waals surface area contributed by atoms with Crippen LogP contribution in [0.5, 0.6) is 0 Å². The first kappa shape index (κ1) is 23.6. The quantitative estimate of drug-likeness (QED) is 0.394. The Morgan fingerprint density at radius 3 is 2.47 bits per heavy atom. The number of anilines is 1. The second-order valence-electron chi connectivity index (χ2n) is 6.62. The molecule has 0 aliphatic heterocycles. The highest BCUT2D eigenvalue weighted by Crippen LogP contribution is 2.26. The van der Waals surface area contributed by atoms with Gasteiger partial charge in [0.25, 0.3) is 0 Å². The highest BCUT2D eigenvalue weighted by atomic mass is 35.5. The number of hydrogen-bond acceptors (Lipinski definition) is 5. The lowest BCUT2D eigenvalue weighted by molar-refractivity contribution is -0.123. The summed E-state index contributed by atoms with van der Waals surface area (Å²) in [5.74, 6) is -5.28. The van der Waals surface area contributed by atoms with E-state index in [9.17, 15) is 22.8 Å². The van der Waals surface area contributed by atoms with Gasteiger partial charge in [-0.15, -0.1) is 10.2 Å². The second kappa shape index (κ2) is 10.0. The number of thioether (sulfide) groups is 1. The van der Waals surface area contributed by atoms with E-state index in [1.165, 1.54) is 0 Å². The molecule has 7 nitrogen and oxygen atoms in total. The number of hydrogen-bond donors (Lipinski definition) is 2. The smallest absolute Gasteiger partial charge is 0.243 e. The highest BCUT2D eigenvalue weighted by Gasteiger charge is 2.21. The molecule has 1 aromatic heterocycles. The molecule has 3 aromatic rings. The molecule has 168 valence electrons. The third-order valence-corrected chi connectivity index (χ3v) is 5.71. The Morgan fingerprint density at radius 2 is 1.78 bits per heavy atom. The van der Waals surface area contributed by atoms with Gasteiger partial charge in [0, 0.05) is 17.6 Å². The minimum atomic E-state index is -1.70. The fraction of sp³-hybridized carbons (Fsp3) is 0.200. The van der Waals surface area contributed by atoms with Gasteiger partial charge in [0.05, 0.1) is 17.5 Å². The number of amides is 2. The molecule has 0 saturated carbocycles. The van der Waals surface area contributed by atoms with E-state index in [4.69, 9.17) is 11.6 Å². The van der Waals surface area contributed by atoms with Gasteiger partial charge in [0.2, 0.25) is 11.8 Å². The molecule has 2 aromatic carbocycles. The fourth-order valence-corrected chi connectivity index (χ4v) is 3.57. The molecule has 3 rings (SSSR count). The summed E-state index contributed by atoms with van der Waals surface area (Å²) in [4.78, 5) is 24.3. The van der Waals surface area contributed by atoms with Crippen molar-refractivity contribution >= 4 is 40.9 Å². The molecule has 0 bridgehead atoms. The highest BCUT2D eigenvalue weighted by molar-refractivity contribution is 8.00. The maximum absolute atomic E-state index is 13.6. The van der Waals surface area contributed by atoms with Crippen molar-refractivity contribution in [1.29, 1.82) is 0 Å². The van der Waals surface area contributed by atoms with Gasteiger partial charge in [-0.25, -0.2) is 13.2 Å². The predicted octanol–water partition coefficient (Wildman–Crippen LogP) is 3.79. The Morgan fingerprint density at radius 1 is 1.09 bits per heavy atom. The minimum Gasteiger partial charge on any atom is -0.346 e. The van der Waals surface area contributed by atoms with Crippen LogP contribution in [0.2, 0.25) is 5.02 Å². The van der Waals surface area contributed by atoms with Gasteiger partial charge < -0.3 is 15.2 Å². The summed E-state index contributed by atoms with van der Waals surface area (Å²) in [6, 6.07) is 8.62. The van der Waals surface area contributed by atoms with Gasteiger partial charge in [0.15, 0.2) is 28.4 Å². The van der Waals surface area contributed by atoms with E-state index in [0.29, 0.717) is 22.1 Å². The summed E-state index contributed by atoms with van der Waals surface area (Å²) in [5, 5.41) is 13.1. The largest absolute Gasteiger partial charge is 0.346 e. The van der Waals surface area contributed by atoms with Crippen LogP contribution >= 0.6 is 23.4 Å². The lowest BCUT2D eigenvalue weighted by atomic mass is 10.2. The first-order valence-corrected chi connectivity index (χ1v) is 10.5. The van der Waals surface area contributed by atoms with Crippen molar-refractivity contribution in [2.45, 2.75) is 17.3 Å². The molecule has 2 amide bonds. The zero-order chi connectivity index (χ0) is 23.4. The van der Waals surface area contributed by atoms with Gasteiger partial charge in [-0.05, 0) is 43.3 Å². The molecular weight excluding hydrogens is 467 g/mol. The Bertz CT molecular complexity index is 1160. The zero-order valence-corrected chi connectivity index (χ0v) is 18.4. The van der Waals surface area contributed by atoms with Crippen molar-refractivity contribution in [1.82, 2.24) is 20.1 Å². The van der Waals surface area contributed by atoms with E-state index in [2.05, 4.69) is 20.8 Å². The van der Waals surface area contributed by atoms with Crippen LogP contribution in [0.3, 0.4) is 0 Å². The fourth-order valence-electron chi connectivity index (χ4n) is 2.61. The molecule has 0 spiro atoms. The molecule has 0 aliphatic rings. The Labute approximate surface area is 190 Å². The molecule has 0 saturated heterocycles. The van der Waals surface area contributed by atoms with Crippen LogP contribution in [-0.2, 0) is 16.6 Å². The van der Waals surface area contributed by atoms with E-state index >= 15 is 0 Å². The normalized spacial score (nSPS) is 11.8. The van der Waals surface area contributed by atoms with Crippen LogP contribution < -0.4 is 10.6 Å². The summed E-state index contributed by atoms with van der Waals surface area (Å²) < 4.78 is 41.5. The van der Waals surface area contributed by atoms with Crippen molar-refractivity contribution in [2.24, 2.45) is 7.05 Å². The Kier molecular flexibility index (Phi) is 7.41. The molecule has 0 aliphatic carbocycles. The Hall–Kier alpha value is -3.05. The maximum Gasteiger partial charge on any atom is 0.243 e. The SMILES string of the molecule is CC(Sc1nnc(-c2ccc(Cl)cc2)n1C)C(=O)NCC(=O)Nc1ccc(F)c(F)c1F. The molecule has 1 heterocycles. The van der Waals surface area contributed by atoms with Crippen LogP contribution in [0.25, 0.3) is 11.4 Å². The van der Waals surface area contributed by atoms with E-state index in [-0.39, 0.29) is 0 Å². The number of carbonyl (C=O) groups excluding carboxylic acids is 2. The summed E-state index contributed by atoms with van der Waals surface area (Å²) in [5.41, 5.74) is 0.272. The average Bonchev–Trinajstić information content (AvgIpc) is 3.13. The lowest BCUT2D eigenvalue weighted by Crippen LogP contribution is -2.37. The van der Waals surface area contributed by atoms with Crippen LogP contribution in [-0.4, -0.2) is 38.4 Å². The average molecular weight is 484 g/mol. The molecule has 0 fully saturated rings.